The summed E-state index contributed by atoms with van der Waals surface area (Å²) < 4.78 is 9.65. The standard InChI is InChI=1S/C13H15N3O2/c1-15-7-8-16(2)12(15)9-18-11-5-3-10(4-6-11)13(14)17/h3-8H,9H2,1-2H3,(H-,14,17)/p+1. The molecule has 0 saturated carbocycles. The molecule has 0 aliphatic carbocycles. The van der Waals surface area contributed by atoms with Gasteiger partial charge in [-0.15, -0.1) is 0 Å². The Morgan fingerprint density at radius 2 is 2.06 bits per heavy atom. The molecule has 94 valence electrons. The zero-order chi connectivity index (χ0) is 13.1. The number of ether oxygens (including phenoxy) is 1. The van der Waals surface area contributed by atoms with Crippen LogP contribution in [0.1, 0.15) is 16.2 Å². The van der Waals surface area contributed by atoms with Gasteiger partial charge < -0.3 is 10.5 Å². The molecule has 0 unspecified atom stereocenters. The van der Waals surface area contributed by atoms with E-state index < -0.39 is 5.91 Å². The van der Waals surface area contributed by atoms with Gasteiger partial charge in [-0.3, -0.25) is 4.79 Å². The maximum absolute atomic E-state index is 10.9. The molecule has 2 rings (SSSR count). The van der Waals surface area contributed by atoms with E-state index in [1.54, 1.807) is 24.3 Å². The van der Waals surface area contributed by atoms with Crippen LogP contribution < -0.4 is 15.0 Å². The summed E-state index contributed by atoms with van der Waals surface area (Å²) in [7, 11) is 3.93. The molecule has 18 heavy (non-hydrogen) atoms. The van der Waals surface area contributed by atoms with Gasteiger partial charge in [0.25, 0.3) is 5.82 Å². The van der Waals surface area contributed by atoms with Crippen LogP contribution in [0.25, 0.3) is 0 Å². The Kier molecular flexibility index (Phi) is 3.32. The summed E-state index contributed by atoms with van der Waals surface area (Å²) in [5.74, 6) is 1.32. The number of carbonyl (C=O) groups is 1. The molecular weight excluding hydrogens is 230 g/mol. The molecule has 0 spiro atoms. The maximum Gasteiger partial charge on any atom is 0.294 e. The molecule has 0 aliphatic heterocycles. The van der Waals surface area contributed by atoms with Crippen molar-refractivity contribution in [2.45, 2.75) is 6.61 Å². The van der Waals surface area contributed by atoms with Crippen LogP contribution in [0, 0.1) is 0 Å². The first-order chi connectivity index (χ1) is 8.58. The smallest absolute Gasteiger partial charge is 0.294 e. The summed E-state index contributed by atoms with van der Waals surface area (Å²) >= 11 is 0. The lowest BCUT2D eigenvalue weighted by Crippen LogP contribution is -2.32. The predicted octanol–water partition coefficient (Wildman–Crippen LogP) is 0.527. The van der Waals surface area contributed by atoms with Gasteiger partial charge in [0.2, 0.25) is 5.91 Å². The second-order valence-corrected chi connectivity index (χ2v) is 4.11. The van der Waals surface area contributed by atoms with Crippen LogP contribution in [-0.4, -0.2) is 10.5 Å². The summed E-state index contributed by atoms with van der Waals surface area (Å²) in [4.78, 5) is 10.9. The minimum absolute atomic E-state index is 0.435. The number of nitrogens with two attached hydrogens (primary N) is 1. The van der Waals surface area contributed by atoms with Gasteiger partial charge in [-0.1, -0.05) is 0 Å². The van der Waals surface area contributed by atoms with E-state index >= 15 is 0 Å². The number of nitrogens with zero attached hydrogens (tertiary/aromatic N) is 2. The Morgan fingerprint density at radius 3 is 2.56 bits per heavy atom. The van der Waals surface area contributed by atoms with E-state index in [1.807, 2.05) is 35.6 Å². The number of rotatable bonds is 4. The second-order valence-electron chi connectivity index (χ2n) is 4.11. The SMILES string of the molecule is Cn1cc[n+](C)c1COc1ccc(C(N)=O)cc1. The fraction of sp³-hybridized carbons (Fsp3) is 0.231. The van der Waals surface area contributed by atoms with Crippen molar-refractivity contribution >= 4 is 5.91 Å². The normalized spacial score (nSPS) is 10.3. The van der Waals surface area contributed by atoms with Gasteiger partial charge in [0.1, 0.15) is 18.1 Å². The lowest BCUT2D eigenvalue weighted by Gasteiger charge is -2.04. The Bertz CT molecular complexity index is 539. The number of imidazole rings is 1. The number of hydrogen-bond acceptors (Lipinski definition) is 2. The number of aryl methyl sites for hydroxylation is 2. The van der Waals surface area contributed by atoms with Crippen molar-refractivity contribution in [2.24, 2.45) is 19.8 Å². The molecule has 2 N–H and O–H groups in total. The van der Waals surface area contributed by atoms with Gasteiger partial charge in [0.15, 0.2) is 6.61 Å². The van der Waals surface area contributed by atoms with Crippen molar-refractivity contribution in [3.63, 3.8) is 0 Å². The lowest BCUT2D eigenvalue weighted by molar-refractivity contribution is -0.680. The highest BCUT2D eigenvalue weighted by molar-refractivity contribution is 5.92. The van der Waals surface area contributed by atoms with Gasteiger partial charge in [0, 0.05) is 5.56 Å². The fourth-order valence-electron chi connectivity index (χ4n) is 1.69. The van der Waals surface area contributed by atoms with E-state index in [-0.39, 0.29) is 0 Å². The Morgan fingerprint density at radius 1 is 1.39 bits per heavy atom. The molecule has 5 heteroatoms. The van der Waals surface area contributed by atoms with Crippen molar-refractivity contribution in [2.75, 3.05) is 0 Å². The van der Waals surface area contributed by atoms with Crippen molar-refractivity contribution in [1.29, 1.82) is 0 Å². The molecule has 0 fully saturated rings. The first kappa shape index (κ1) is 12.2. The summed E-state index contributed by atoms with van der Waals surface area (Å²) in [5, 5.41) is 0. The summed E-state index contributed by atoms with van der Waals surface area (Å²) in [6.07, 6.45) is 3.93. The maximum atomic E-state index is 10.9. The molecule has 0 saturated heterocycles. The molecule has 1 aromatic carbocycles. The van der Waals surface area contributed by atoms with Gasteiger partial charge >= 0.3 is 0 Å². The van der Waals surface area contributed by atoms with E-state index in [1.165, 1.54) is 0 Å². The topological polar surface area (TPSA) is 61.1 Å². The van der Waals surface area contributed by atoms with Gasteiger partial charge in [-0.2, -0.15) is 0 Å². The monoisotopic (exact) mass is 246 g/mol. The van der Waals surface area contributed by atoms with E-state index in [2.05, 4.69) is 0 Å². The average Bonchev–Trinajstić information content (AvgIpc) is 2.67. The largest absolute Gasteiger partial charge is 0.481 e. The van der Waals surface area contributed by atoms with Crippen LogP contribution in [0.4, 0.5) is 0 Å². The summed E-state index contributed by atoms with van der Waals surface area (Å²) in [5.41, 5.74) is 5.65. The van der Waals surface area contributed by atoms with Crippen molar-refractivity contribution in [3.8, 4) is 5.75 Å². The first-order valence-electron chi connectivity index (χ1n) is 5.60. The van der Waals surface area contributed by atoms with Crippen LogP contribution in [0.3, 0.4) is 0 Å². The van der Waals surface area contributed by atoms with Gasteiger partial charge in [0.05, 0.1) is 14.1 Å². The van der Waals surface area contributed by atoms with Crippen LogP contribution >= 0.6 is 0 Å². The molecule has 1 amide bonds. The number of primary amides is 1. The molecule has 0 bridgehead atoms. The Labute approximate surface area is 105 Å². The summed E-state index contributed by atoms with van der Waals surface area (Å²) in [6.45, 7) is 0.468. The number of carbonyl (C=O) groups excluding carboxylic acids is 1. The third-order valence-corrected chi connectivity index (χ3v) is 2.83. The molecular formula is C13H16N3O2+. The Balaban J connectivity index is 2.04. The Hall–Kier alpha value is -2.30. The average molecular weight is 246 g/mol. The van der Waals surface area contributed by atoms with Crippen LogP contribution in [0.5, 0.6) is 5.75 Å². The van der Waals surface area contributed by atoms with Crippen molar-refractivity contribution in [1.82, 2.24) is 4.57 Å². The number of amides is 1. The molecule has 0 aliphatic rings. The minimum Gasteiger partial charge on any atom is -0.481 e. The summed E-state index contributed by atoms with van der Waals surface area (Å²) in [6, 6.07) is 6.79. The van der Waals surface area contributed by atoms with E-state index in [0.29, 0.717) is 17.9 Å². The highest BCUT2D eigenvalue weighted by Gasteiger charge is 2.11. The zero-order valence-electron chi connectivity index (χ0n) is 10.5. The highest BCUT2D eigenvalue weighted by atomic mass is 16.5. The van der Waals surface area contributed by atoms with Crippen LogP contribution in [0.2, 0.25) is 0 Å². The van der Waals surface area contributed by atoms with Gasteiger partial charge in [-0.05, 0) is 24.3 Å². The number of benzene rings is 1. The third kappa shape index (κ3) is 2.51. The predicted molar refractivity (Wildman–Crippen MR) is 65.9 cm³/mol. The molecule has 0 radical (unpaired) electrons. The number of hydrogen-bond donors (Lipinski definition) is 1. The molecule has 1 heterocycles. The second kappa shape index (κ2) is 4.91. The lowest BCUT2D eigenvalue weighted by atomic mass is 10.2. The van der Waals surface area contributed by atoms with Crippen molar-refractivity contribution in [3.05, 3.63) is 48.0 Å². The van der Waals surface area contributed by atoms with E-state index in [9.17, 15) is 4.79 Å². The van der Waals surface area contributed by atoms with Crippen molar-refractivity contribution < 1.29 is 14.1 Å². The molecule has 5 nitrogen and oxygen atoms in total. The highest BCUT2D eigenvalue weighted by Crippen LogP contribution is 2.13. The number of aromatic nitrogens is 2. The third-order valence-electron chi connectivity index (χ3n) is 2.83. The van der Waals surface area contributed by atoms with Crippen LogP contribution in [0.15, 0.2) is 36.7 Å². The van der Waals surface area contributed by atoms with E-state index in [0.717, 1.165) is 5.82 Å². The fourth-order valence-corrected chi connectivity index (χ4v) is 1.69. The van der Waals surface area contributed by atoms with E-state index in [4.69, 9.17) is 10.5 Å². The van der Waals surface area contributed by atoms with Gasteiger partial charge in [-0.25, -0.2) is 9.13 Å². The molecule has 1 aromatic heterocycles. The zero-order valence-corrected chi connectivity index (χ0v) is 10.5. The minimum atomic E-state index is -0.435. The molecule has 2 aromatic rings. The molecule has 0 atom stereocenters. The first-order valence-corrected chi connectivity index (χ1v) is 5.60. The quantitative estimate of drug-likeness (QED) is 0.800. The van der Waals surface area contributed by atoms with Crippen LogP contribution in [-0.2, 0) is 20.7 Å².